The van der Waals surface area contributed by atoms with Gasteiger partial charge < -0.3 is 14.8 Å². The quantitative estimate of drug-likeness (QED) is 0.552. The Balaban J connectivity index is 1.46. The molecule has 132 valence electrons. The molecule has 1 aliphatic carbocycles. The van der Waals surface area contributed by atoms with Gasteiger partial charge in [0.2, 0.25) is 11.1 Å². The zero-order chi connectivity index (χ0) is 17.6. The van der Waals surface area contributed by atoms with Gasteiger partial charge in [0.15, 0.2) is 6.61 Å². The number of nitrogens with one attached hydrogen (secondary N) is 1. The molecule has 2 aromatic rings. The topological polar surface area (TPSA) is 108 Å². The smallest absolute Gasteiger partial charge is 0.343 e. The summed E-state index contributed by atoms with van der Waals surface area (Å²) in [7, 11) is 1.30. The number of esters is 1. The molecule has 0 bridgehead atoms. The molecule has 3 rings (SSSR count). The van der Waals surface area contributed by atoms with Gasteiger partial charge in [-0.3, -0.25) is 4.79 Å². The minimum atomic E-state index is -0.456. The van der Waals surface area contributed by atoms with Gasteiger partial charge in [-0.15, -0.1) is 5.10 Å². The van der Waals surface area contributed by atoms with Crippen molar-refractivity contribution >= 4 is 29.3 Å². The molecule has 1 N–H and O–H groups in total. The fourth-order valence-electron chi connectivity index (χ4n) is 1.99. The van der Waals surface area contributed by atoms with Crippen molar-refractivity contribution in [2.75, 3.05) is 24.8 Å². The van der Waals surface area contributed by atoms with E-state index in [1.165, 1.54) is 18.9 Å². The van der Waals surface area contributed by atoms with Gasteiger partial charge in [0.25, 0.3) is 0 Å². The summed E-state index contributed by atoms with van der Waals surface area (Å²) in [5, 5.41) is 15.0. The van der Waals surface area contributed by atoms with Crippen LogP contribution in [0.25, 0.3) is 0 Å². The maximum atomic E-state index is 12.0. The fourth-order valence-corrected chi connectivity index (χ4v) is 2.74. The maximum absolute atomic E-state index is 12.0. The van der Waals surface area contributed by atoms with Gasteiger partial charge in [-0.25, -0.2) is 9.48 Å². The van der Waals surface area contributed by atoms with Gasteiger partial charge in [-0.2, -0.15) is 0 Å². The third-order valence-electron chi connectivity index (χ3n) is 3.41. The number of carbonyl (C=O) groups is 2. The van der Waals surface area contributed by atoms with E-state index in [0.29, 0.717) is 22.6 Å². The molecule has 0 radical (unpaired) electrons. The number of nitrogens with zero attached hydrogens (tertiary/aromatic N) is 4. The molecule has 0 atom stereocenters. The molecule has 1 heterocycles. The first-order valence-corrected chi connectivity index (χ1v) is 8.64. The van der Waals surface area contributed by atoms with Crippen LogP contribution in [0.3, 0.4) is 0 Å². The van der Waals surface area contributed by atoms with Crippen LogP contribution in [0.15, 0.2) is 29.4 Å². The Morgan fingerprint density at radius 3 is 2.76 bits per heavy atom. The summed E-state index contributed by atoms with van der Waals surface area (Å²) in [6, 6.07) is 7.10. The Kier molecular flexibility index (Phi) is 5.49. The average Bonchev–Trinajstić information content (AvgIpc) is 3.37. The predicted molar refractivity (Wildman–Crippen MR) is 89.4 cm³/mol. The van der Waals surface area contributed by atoms with Crippen molar-refractivity contribution < 1.29 is 19.1 Å². The number of methoxy groups -OCH3 is 1. The van der Waals surface area contributed by atoms with E-state index in [1.54, 1.807) is 28.9 Å². The second-order valence-corrected chi connectivity index (χ2v) is 6.31. The second kappa shape index (κ2) is 7.97. The standard InChI is InChI=1S/C15H17N5O4S/c1-23-14(22)8-24-12-6-2-10(3-7-12)16-13(21)9-25-15-17-18-19-20(15)11-4-5-11/h2-3,6-7,11H,4-5,8-9H2,1H3,(H,16,21). The van der Waals surface area contributed by atoms with Gasteiger partial charge in [-0.1, -0.05) is 11.8 Å². The Labute approximate surface area is 148 Å². The van der Waals surface area contributed by atoms with Crippen LogP contribution < -0.4 is 10.1 Å². The Morgan fingerprint density at radius 1 is 1.32 bits per heavy atom. The number of thioether (sulfide) groups is 1. The van der Waals surface area contributed by atoms with Crippen LogP contribution in [0.4, 0.5) is 5.69 Å². The molecule has 1 saturated carbocycles. The summed E-state index contributed by atoms with van der Waals surface area (Å²) in [5.41, 5.74) is 0.637. The van der Waals surface area contributed by atoms with Gasteiger partial charge in [0.05, 0.1) is 18.9 Å². The van der Waals surface area contributed by atoms with Crippen molar-refractivity contribution in [3.63, 3.8) is 0 Å². The molecule has 10 heteroatoms. The minimum absolute atomic E-state index is 0.154. The van der Waals surface area contributed by atoms with Gasteiger partial charge in [0.1, 0.15) is 5.75 Å². The number of aromatic nitrogens is 4. The number of tetrazole rings is 1. The second-order valence-electron chi connectivity index (χ2n) is 5.36. The van der Waals surface area contributed by atoms with Crippen LogP contribution in [-0.4, -0.2) is 51.6 Å². The number of anilines is 1. The first kappa shape index (κ1) is 17.2. The molecule has 0 unspecified atom stereocenters. The Hall–Kier alpha value is -2.62. The van der Waals surface area contributed by atoms with Crippen molar-refractivity contribution in [1.82, 2.24) is 20.2 Å². The van der Waals surface area contributed by atoms with Crippen LogP contribution in [-0.2, 0) is 14.3 Å². The molecule has 0 spiro atoms. The first-order chi connectivity index (χ1) is 12.2. The lowest BCUT2D eigenvalue weighted by Gasteiger charge is -2.07. The van der Waals surface area contributed by atoms with Crippen molar-refractivity contribution in [3.05, 3.63) is 24.3 Å². The normalized spacial score (nSPS) is 13.3. The zero-order valence-corrected chi connectivity index (χ0v) is 14.4. The molecule has 0 saturated heterocycles. The number of rotatable bonds is 8. The summed E-state index contributed by atoms with van der Waals surface area (Å²) >= 11 is 1.31. The van der Waals surface area contributed by atoms with Crippen molar-refractivity contribution in [2.45, 2.75) is 24.0 Å². The molecule has 25 heavy (non-hydrogen) atoms. The third-order valence-corrected chi connectivity index (χ3v) is 4.34. The molecular formula is C15H17N5O4S. The lowest BCUT2D eigenvalue weighted by atomic mass is 10.3. The number of amides is 1. The Morgan fingerprint density at radius 2 is 2.08 bits per heavy atom. The van der Waals surface area contributed by atoms with E-state index in [9.17, 15) is 9.59 Å². The number of hydrogen-bond donors (Lipinski definition) is 1. The monoisotopic (exact) mass is 363 g/mol. The third kappa shape index (κ3) is 4.92. The summed E-state index contributed by atoms with van der Waals surface area (Å²) in [6.45, 7) is -0.158. The fraction of sp³-hybridized carbons (Fsp3) is 0.400. The highest BCUT2D eigenvalue weighted by atomic mass is 32.2. The number of hydrogen-bond acceptors (Lipinski definition) is 8. The van der Waals surface area contributed by atoms with Crippen molar-refractivity contribution in [2.24, 2.45) is 0 Å². The largest absolute Gasteiger partial charge is 0.482 e. The van der Waals surface area contributed by atoms with Crippen molar-refractivity contribution in [1.29, 1.82) is 0 Å². The van der Waals surface area contributed by atoms with Crippen LogP contribution in [0, 0.1) is 0 Å². The number of carbonyl (C=O) groups excluding carboxylic acids is 2. The summed E-state index contributed by atoms with van der Waals surface area (Å²) in [6.07, 6.45) is 2.16. The summed E-state index contributed by atoms with van der Waals surface area (Å²) in [5.74, 6) is 0.121. The highest BCUT2D eigenvalue weighted by molar-refractivity contribution is 7.99. The molecule has 9 nitrogen and oxygen atoms in total. The molecule has 1 aliphatic rings. The van der Waals surface area contributed by atoms with Crippen LogP contribution >= 0.6 is 11.8 Å². The van der Waals surface area contributed by atoms with E-state index < -0.39 is 5.97 Å². The van der Waals surface area contributed by atoms with Crippen LogP contribution in [0.5, 0.6) is 5.75 Å². The highest BCUT2D eigenvalue weighted by Gasteiger charge is 2.28. The first-order valence-electron chi connectivity index (χ1n) is 7.66. The minimum Gasteiger partial charge on any atom is -0.482 e. The molecular weight excluding hydrogens is 346 g/mol. The van der Waals surface area contributed by atoms with E-state index in [0.717, 1.165) is 12.8 Å². The molecule has 0 aliphatic heterocycles. The van der Waals surface area contributed by atoms with Crippen molar-refractivity contribution in [3.8, 4) is 5.75 Å². The molecule has 1 aromatic carbocycles. The predicted octanol–water partition coefficient (Wildman–Crippen LogP) is 1.29. The van der Waals surface area contributed by atoms with E-state index in [4.69, 9.17) is 4.74 Å². The lowest BCUT2D eigenvalue weighted by molar-refractivity contribution is -0.142. The van der Waals surface area contributed by atoms with Gasteiger partial charge in [-0.05, 0) is 47.5 Å². The van der Waals surface area contributed by atoms with E-state index in [-0.39, 0.29) is 18.3 Å². The van der Waals surface area contributed by atoms with E-state index >= 15 is 0 Å². The summed E-state index contributed by atoms with van der Waals surface area (Å²) < 4.78 is 11.5. The molecule has 1 aromatic heterocycles. The van der Waals surface area contributed by atoms with E-state index in [1.807, 2.05) is 0 Å². The van der Waals surface area contributed by atoms with Gasteiger partial charge in [0, 0.05) is 5.69 Å². The lowest BCUT2D eigenvalue weighted by Crippen LogP contribution is -2.15. The average molecular weight is 363 g/mol. The Bertz CT molecular complexity index is 745. The van der Waals surface area contributed by atoms with Crippen LogP contribution in [0.2, 0.25) is 0 Å². The number of benzene rings is 1. The van der Waals surface area contributed by atoms with Gasteiger partial charge >= 0.3 is 5.97 Å². The van der Waals surface area contributed by atoms with Crippen LogP contribution in [0.1, 0.15) is 18.9 Å². The highest BCUT2D eigenvalue weighted by Crippen LogP contribution is 2.36. The SMILES string of the molecule is COC(=O)COc1ccc(NC(=O)CSc2nnnn2C2CC2)cc1. The number of ether oxygens (including phenoxy) is 2. The maximum Gasteiger partial charge on any atom is 0.343 e. The summed E-state index contributed by atoms with van der Waals surface area (Å²) in [4.78, 5) is 23.1. The van der Waals surface area contributed by atoms with E-state index in [2.05, 4.69) is 25.6 Å². The zero-order valence-electron chi connectivity index (χ0n) is 13.5. The molecule has 1 amide bonds. The molecule has 1 fully saturated rings.